The zero-order chi connectivity index (χ0) is 18.6. The van der Waals surface area contributed by atoms with Gasteiger partial charge in [0.15, 0.2) is 6.10 Å². The standard InChI is InChI=1S/C16H14ClN3O5/c1-9(15(21)19-11-4-2-10(17)3-5-11)25-16(22)13-8-12(20(23)24)6-7-14(13)18/h2-9H,18H2,1H3,(H,19,21)/t9-/m0/s1. The molecular formula is C16H14ClN3O5. The number of hydrogen-bond acceptors (Lipinski definition) is 6. The molecule has 1 atom stereocenters. The molecule has 0 heterocycles. The first-order valence-electron chi connectivity index (χ1n) is 7.09. The molecule has 25 heavy (non-hydrogen) atoms. The molecule has 2 aromatic carbocycles. The van der Waals surface area contributed by atoms with Crippen molar-refractivity contribution in [1.29, 1.82) is 0 Å². The smallest absolute Gasteiger partial charge is 0.341 e. The summed E-state index contributed by atoms with van der Waals surface area (Å²) in [5, 5.41) is 13.9. The monoisotopic (exact) mass is 363 g/mol. The summed E-state index contributed by atoms with van der Waals surface area (Å²) in [6.45, 7) is 1.37. The van der Waals surface area contributed by atoms with Gasteiger partial charge >= 0.3 is 5.97 Å². The highest BCUT2D eigenvalue weighted by atomic mass is 35.5. The van der Waals surface area contributed by atoms with Crippen molar-refractivity contribution in [2.45, 2.75) is 13.0 Å². The van der Waals surface area contributed by atoms with Crippen LogP contribution in [0.2, 0.25) is 5.02 Å². The fourth-order valence-corrected chi connectivity index (χ4v) is 2.02. The van der Waals surface area contributed by atoms with Crippen LogP contribution in [0.25, 0.3) is 0 Å². The summed E-state index contributed by atoms with van der Waals surface area (Å²) in [5.41, 5.74) is 5.65. The van der Waals surface area contributed by atoms with E-state index >= 15 is 0 Å². The number of nitrogen functional groups attached to an aromatic ring is 1. The third-order valence-electron chi connectivity index (χ3n) is 3.23. The second-order valence-electron chi connectivity index (χ2n) is 5.07. The maximum Gasteiger partial charge on any atom is 0.341 e. The maximum atomic E-state index is 12.1. The Morgan fingerprint density at radius 1 is 1.24 bits per heavy atom. The van der Waals surface area contributed by atoms with E-state index in [2.05, 4.69) is 5.32 Å². The number of non-ortho nitro benzene ring substituents is 1. The van der Waals surface area contributed by atoms with Crippen molar-refractivity contribution in [3.8, 4) is 0 Å². The predicted octanol–water partition coefficient (Wildman–Crippen LogP) is 3.01. The van der Waals surface area contributed by atoms with E-state index in [1.807, 2.05) is 0 Å². The van der Waals surface area contributed by atoms with Gasteiger partial charge in [0, 0.05) is 28.5 Å². The van der Waals surface area contributed by atoms with E-state index < -0.39 is 22.9 Å². The summed E-state index contributed by atoms with van der Waals surface area (Å²) >= 11 is 5.76. The van der Waals surface area contributed by atoms with Gasteiger partial charge in [-0.2, -0.15) is 0 Å². The lowest BCUT2D eigenvalue weighted by molar-refractivity contribution is -0.384. The van der Waals surface area contributed by atoms with Gasteiger partial charge in [0.25, 0.3) is 11.6 Å². The number of hydrogen-bond donors (Lipinski definition) is 2. The molecule has 0 bridgehead atoms. The van der Waals surface area contributed by atoms with Crippen molar-refractivity contribution in [2.75, 3.05) is 11.1 Å². The van der Waals surface area contributed by atoms with E-state index in [4.69, 9.17) is 22.1 Å². The third kappa shape index (κ3) is 4.67. The Labute approximate surface area is 147 Å². The van der Waals surface area contributed by atoms with Crippen LogP contribution in [-0.4, -0.2) is 22.9 Å². The number of esters is 1. The van der Waals surface area contributed by atoms with E-state index in [1.165, 1.54) is 19.1 Å². The van der Waals surface area contributed by atoms with Gasteiger partial charge in [-0.15, -0.1) is 0 Å². The normalized spacial score (nSPS) is 11.4. The minimum Gasteiger partial charge on any atom is -0.449 e. The first-order chi connectivity index (χ1) is 11.8. The molecular weight excluding hydrogens is 350 g/mol. The minimum absolute atomic E-state index is 0.0147. The van der Waals surface area contributed by atoms with Crippen LogP contribution in [-0.2, 0) is 9.53 Å². The Morgan fingerprint density at radius 2 is 1.88 bits per heavy atom. The van der Waals surface area contributed by atoms with E-state index in [0.29, 0.717) is 10.7 Å². The SMILES string of the molecule is C[C@H](OC(=O)c1cc([N+](=O)[O-])ccc1N)C(=O)Nc1ccc(Cl)cc1. The van der Waals surface area contributed by atoms with Gasteiger partial charge in [-0.05, 0) is 37.3 Å². The number of carbonyl (C=O) groups is 2. The molecule has 0 aliphatic rings. The fraction of sp³-hybridized carbons (Fsp3) is 0.125. The van der Waals surface area contributed by atoms with E-state index in [0.717, 1.165) is 6.07 Å². The Balaban J connectivity index is 2.06. The molecule has 8 nitrogen and oxygen atoms in total. The molecule has 0 saturated heterocycles. The zero-order valence-corrected chi connectivity index (χ0v) is 13.8. The Morgan fingerprint density at radius 3 is 2.48 bits per heavy atom. The van der Waals surface area contributed by atoms with Crippen LogP contribution >= 0.6 is 11.6 Å². The van der Waals surface area contributed by atoms with Crippen molar-refractivity contribution in [3.05, 3.63) is 63.2 Å². The van der Waals surface area contributed by atoms with Crippen molar-refractivity contribution in [1.82, 2.24) is 0 Å². The molecule has 0 unspecified atom stereocenters. The molecule has 0 spiro atoms. The zero-order valence-electron chi connectivity index (χ0n) is 13.1. The lowest BCUT2D eigenvalue weighted by Gasteiger charge is -2.14. The molecule has 2 aromatic rings. The van der Waals surface area contributed by atoms with Crippen LogP contribution in [0.4, 0.5) is 17.1 Å². The number of ether oxygens (including phenoxy) is 1. The van der Waals surface area contributed by atoms with Crippen LogP contribution in [0.1, 0.15) is 17.3 Å². The second kappa shape index (κ2) is 7.63. The number of benzene rings is 2. The van der Waals surface area contributed by atoms with Crippen molar-refractivity contribution in [3.63, 3.8) is 0 Å². The van der Waals surface area contributed by atoms with Crippen molar-refractivity contribution in [2.24, 2.45) is 0 Å². The number of anilines is 2. The Hall–Kier alpha value is -3.13. The topological polar surface area (TPSA) is 125 Å². The van der Waals surface area contributed by atoms with Gasteiger partial charge in [0.2, 0.25) is 0 Å². The molecule has 0 aliphatic carbocycles. The van der Waals surface area contributed by atoms with Gasteiger partial charge < -0.3 is 15.8 Å². The van der Waals surface area contributed by atoms with Crippen molar-refractivity contribution < 1.29 is 19.2 Å². The molecule has 130 valence electrons. The second-order valence-corrected chi connectivity index (χ2v) is 5.51. The summed E-state index contributed by atoms with van der Waals surface area (Å²) in [6, 6.07) is 9.77. The van der Waals surface area contributed by atoms with Gasteiger partial charge in [-0.3, -0.25) is 14.9 Å². The summed E-state index contributed by atoms with van der Waals surface area (Å²) in [5.74, 6) is -1.50. The quantitative estimate of drug-likeness (QED) is 0.364. The number of nitrogens with one attached hydrogen (secondary N) is 1. The number of nitrogens with zero attached hydrogens (tertiary/aromatic N) is 1. The van der Waals surface area contributed by atoms with Gasteiger partial charge in [0.05, 0.1) is 10.5 Å². The van der Waals surface area contributed by atoms with Crippen molar-refractivity contribution >= 4 is 40.5 Å². The van der Waals surface area contributed by atoms with Crippen LogP contribution in [0.5, 0.6) is 0 Å². The number of rotatable bonds is 5. The van der Waals surface area contributed by atoms with Crippen LogP contribution in [0.3, 0.4) is 0 Å². The lowest BCUT2D eigenvalue weighted by atomic mass is 10.1. The van der Waals surface area contributed by atoms with Gasteiger partial charge in [-0.1, -0.05) is 11.6 Å². The van der Waals surface area contributed by atoms with Crippen LogP contribution in [0.15, 0.2) is 42.5 Å². The summed E-state index contributed by atoms with van der Waals surface area (Å²) in [4.78, 5) is 34.3. The molecule has 9 heteroatoms. The predicted molar refractivity (Wildman–Crippen MR) is 92.5 cm³/mol. The highest BCUT2D eigenvalue weighted by Crippen LogP contribution is 2.21. The number of nitro benzene ring substituents is 1. The fourth-order valence-electron chi connectivity index (χ4n) is 1.89. The molecule has 2 rings (SSSR count). The summed E-state index contributed by atoms with van der Waals surface area (Å²) < 4.78 is 5.03. The molecule has 0 aromatic heterocycles. The number of nitrogens with two attached hydrogens (primary N) is 1. The largest absolute Gasteiger partial charge is 0.449 e. The first-order valence-corrected chi connectivity index (χ1v) is 7.47. The average molecular weight is 364 g/mol. The van der Waals surface area contributed by atoms with Crippen LogP contribution < -0.4 is 11.1 Å². The minimum atomic E-state index is -1.14. The lowest BCUT2D eigenvalue weighted by Crippen LogP contribution is -2.30. The highest BCUT2D eigenvalue weighted by Gasteiger charge is 2.22. The van der Waals surface area contributed by atoms with E-state index in [-0.39, 0.29) is 16.9 Å². The molecule has 0 saturated carbocycles. The maximum absolute atomic E-state index is 12.1. The average Bonchev–Trinajstić information content (AvgIpc) is 2.56. The molecule has 0 radical (unpaired) electrons. The van der Waals surface area contributed by atoms with Crippen LogP contribution in [0, 0.1) is 10.1 Å². The van der Waals surface area contributed by atoms with E-state index in [1.54, 1.807) is 24.3 Å². The molecule has 0 fully saturated rings. The highest BCUT2D eigenvalue weighted by molar-refractivity contribution is 6.30. The van der Waals surface area contributed by atoms with E-state index in [9.17, 15) is 19.7 Å². The molecule has 0 aliphatic heterocycles. The van der Waals surface area contributed by atoms with Gasteiger partial charge in [0.1, 0.15) is 0 Å². The number of halogens is 1. The molecule has 1 amide bonds. The summed E-state index contributed by atoms with van der Waals surface area (Å²) in [6.07, 6.45) is -1.14. The summed E-state index contributed by atoms with van der Waals surface area (Å²) in [7, 11) is 0. The van der Waals surface area contributed by atoms with Gasteiger partial charge in [-0.25, -0.2) is 4.79 Å². The first kappa shape index (κ1) is 18.2. The Bertz CT molecular complexity index is 823. The number of carbonyl (C=O) groups excluding carboxylic acids is 2. The number of amides is 1. The number of nitro groups is 1. The molecule has 3 N–H and O–H groups in total. The third-order valence-corrected chi connectivity index (χ3v) is 3.48. The Kier molecular flexibility index (Phi) is 5.56.